The summed E-state index contributed by atoms with van der Waals surface area (Å²) < 4.78 is 0. The van der Waals surface area contributed by atoms with Gasteiger partial charge in [-0.1, -0.05) is 39.8 Å². The summed E-state index contributed by atoms with van der Waals surface area (Å²) in [5.41, 5.74) is 7.50. The van der Waals surface area contributed by atoms with Gasteiger partial charge in [0.05, 0.1) is 6.61 Å². The summed E-state index contributed by atoms with van der Waals surface area (Å²) >= 11 is 0. The third-order valence-electron chi connectivity index (χ3n) is 2.42. The highest BCUT2D eigenvalue weighted by molar-refractivity contribution is 5.46. The number of aliphatic hydroxyl groups is 1. The Labute approximate surface area is 132 Å². The summed E-state index contributed by atoms with van der Waals surface area (Å²) in [4.78, 5) is 0. The molecule has 0 bridgehead atoms. The smallest absolute Gasteiger partial charge is 0.0605 e. The number of nitrogens with one attached hydrogen (secondary N) is 1. The molecule has 0 spiro atoms. The van der Waals surface area contributed by atoms with Gasteiger partial charge in [-0.25, -0.2) is 0 Å². The van der Waals surface area contributed by atoms with Crippen molar-refractivity contribution in [2.24, 2.45) is 5.73 Å². The molecule has 0 saturated carbocycles. The van der Waals surface area contributed by atoms with E-state index in [0.29, 0.717) is 12.0 Å². The molecule has 3 nitrogen and oxygen atoms in total. The van der Waals surface area contributed by atoms with E-state index < -0.39 is 5.54 Å². The third kappa shape index (κ3) is 13.7. The molecule has 0 aromatic heterocycles. The molecule has 1 rings (SSSR count). The molecule has 0 atom stereocenters. The predicted molar refractivity (Wildman–Crippen MR) is 96.0 cm³/mol. The Hall–Kier alpha value is -1.06. The molecule has 1 aromatic carbocycles. The average molecular weight is 296 g/mol. The Morgan fingerprint density at radius 2 is 1.62 bits per heavy atom. The molecule has 0 aliphatic carbocycles. The van der Waals surface area contributed by atoms with E-state index in [1.54, 1.807) is 13.8 Å². The first-order valence-corrected chi connectivity index (χ1v) is 7.92. The second-order valence-electron chi connectivity index (χ2n) is 6.23. The first-order chi connectivity index (χ1) is 9.65. The fraction of sp³-hybridized carbons (Fsp3) is 0.667. The Morgan fingerprint density at radius 3 is 1.95 bits per heavy atom. The maximum Gasteiger partial charge on any atom is 0.0605 e. The first kappa shape index (κ1) is 22.2. The van der Waals surface area contributed by atoms with Gasteiger partial charge in [-0.05, 0) is 51.3 Å². The normalized spacial score (nSPS) is 10.5. The van der Waals surface area contributed by atoms with Crippen LogP contribution in [0.3, 0.4) is 0 Å². The maximum atomic E-state index is 8.28. The molecule has 3 heteroatoms. The van der Waals surface area contributed by atoms with Crippen molar-refractivity contribution in [3.8, 4) is 0 Å². The lowest BCUT2D eigenvalue weighted by Gasteiger charge is -2.12. The SMILES string of the molecule is CC.CC(C)(N)CO.CC(C)Nc1cccc(C(C)C)c1. The van der Waals surface area contributed by atoms with Crippen LogP contribution in [0.15, 0.2) is 24.3 Å². The van der Waals surface area contributed by atoms with E-state index in [-0.39, 0.29) is 6.61 Å². The number of anilines is 1. The molecule has 124 valence electrons. The fourth-order valence-corrected chi connectivity index (χ4v) is 1.32. The van der Waals surface area contributed by atoms with Crippen LogP contribution in [0.5, 0.6) is 0 Å². The lowest BCUT2D eigenvalue weighted by Crippen LogP contribution is -2.35. The minimum atomic E-state index is -0.403. The minimum absolute atomic E-state index is 0.0486. The van der Waals surface area contributed by atoms with Crippen LogP contribution in [-0.4, -0.2) is 23.3 Å². The molecule has 21 heavy (non-hydrogen) atoms. The molecule has 0 aliphatic rings. The summed E-state index contributed by atoms with van der Waals surface area (Å²) in [6.45, 7) is 16.3. The topological polar surface area (TPSA) is 58.3 Å². The number of nitrogens with two attached hydrogens (primary N) is 1. The van der Waals surface area contributed by atoms with Crippen molar-refractivity contribution in [3.63, 3.8) is 0 Å². The summed E-state index contributed by atoms with van der Waals surface area (Å²) in [7, 11) is 0. The molecular formula is C18H36N2O. The average Bonchev–Trinajstić information content (AvgIpc) is 2.40. The van der Waals surface area contributed by atoms with Gasteiger partial charge in [0, 0.05) is 17.3 Å². The van der Waals surface area contributed by atoms with Crippen LogP contribution in [0.2, 0.25) is 0 Å². The largest absolute Gasteiger partial charge is 0.394 e. The fourth-order valence-electron chi connectivity index (χ4n) is 1.32. The van der Waals surface area contributed by atoms with Gasteiger partial charge in [-0.2, -0.15) is 0 Å². The summed E-state index contributed by atoms with van der Waals surface area (Å²) in [5, 5.41) is 11.7. The van der Waals surface area contributed by atoms with Gasteiger partial charge in [-0.15, -0.1) is 0 Å². The standard InChI is InChI=1S/C12H19N.C4H11NO.C2H6/c1-9(2)11-6-5-7-12(8-11)13-10(3)4;1-4(2,5)3-6;1-2/h5-10,13H,1-4H3;6H,3,5H2,1-2H3;1-2H3. The molecular weight excluding hydrogens is 260 g/mol. The molecule has 0 amide bonds. The lowest BCUT2D eigenvalue weighted by atomic mass is 10.0. The monoisotopic (exact) mass is 296 g/mol. The molecule has 4 N–H and O–H groups in total. The summed E-state index contributed by atoms with van der Waals surface area (Å²) in [6.07, 6.45) is 0. The Morgan fingerprint density at radius 1 is 1.14 bits per heavy atom. The van der Waals surface area contributed by atoms with Crippen molar-refractivity contribution < 1.29 is 5.11 Å². The summed E-state index contributed by atoms with van der Waals surface area (Å²) in [6, 6.07) is 9.13. The minimum Gasteiger partial charge on any atom is -0.394 e. The van der Waals surface area contributed by atoms with Crippen LogP contribution in [-0.2, 0) is 0 Å². The number of hydrogen-bond acceptors (Lipinski definition) is 3. The molecule has 0 heterocycles. The third-order valence-corrected chi connectivity index (χ3v) is 2.42. The molecule has 0 fully saturated rings. The van der Waals surface area contributed by atoms with E-state index >= 15 is 0 Å². The van der Waals surface area contributed by atoms with Crippen molar-refractivity contribution in [1.82, 2.24) is 0 Å². The highest BCUT2D eigenvalue weighted by atomic mass is 16.3. The van der Waals surface area contributed by atoms with Crippen molar-refractivity contribution in [1.29, 1.82) is 0 Å². The molecule has 0 radical (unpaired) electrons. The van der Waals surface area contributed by atoms with Crippen molar-refractivity contribution in [2.75, 3.05) is 11.9 Å². The van der Waals surface area contributed by atoms with Crippen LogP contribution in [0.4, 0.5) is 5.69 Å². The highest BCUT2D eigenvalue weighted by Crippen LogP contribution is 2.18. The quantitative estimate of drug-likeness (QED) is 0.773. The molecule has 0 unspecified atom stereocenters. The van der Waals surface area contributed by atoms with Gasteiger partial charge in [0.1, 0.15) is 0 Å². The second-order valence-corrected chi connectivity index (χ2v) is 6.23. The van der Waals surface area contributed by atoms with E-state index in [9.17, 15) is 0 Å². The van der Waals surface area contributed by atoms with E-state index in [1.807, 2.05) is 13.8 Å². The van der Waals surface area contributed by atoms with Gasteiger partial charge in [0.15, 0.2) is 0 Å². The van der Waals surface area contributed by atoms with Crippen LogP contribution in [0.25, 0.3) is 0 Å². The summed E-state index contributed by atoms with van der Waals surface area (Å²) in [5.74, 6) is 0.605. The van der Waals surface area contributed by atoms with Gasteiger partial charge < -0.3 is 16.2 Å². The Balaban J connectivity index is 0. The lowest BCUT2D eigenvalue weighted by molar-refractivity contribution is 0.221. The molecule has 0 saturated heterocycles. The van der Waals surface area contributed by atoms with Crippen molar-refractivity contribution >= 4 is 5.69 Å². The highest BCUT2D eigenvalue weighted by Gasteiger charge is 2.05. The van der Waals surface area contributed by atoms with Gasteiger partial charge in [-0.3, -0.25) is 0 Å². The van der Waals surface area contributed by atoms with Crippen LogP contribution in [0.1, 0.15) is 66.9 Å². The Kier molecular flexibility index (Phi) is 12.3. The zero-order chi connectivity index (χ0) is 17.1. The number of benzene rings is 1. The van der Waals surface area contributed by atoms with Gasteiger partial charge >= 0.3 is 0 Å². The van der Waals surface area contributed by atoms with Crippen LogP contribution in [0, 0.1) is 0 Å². The number of rotatable bonds is 4. The van der Waals surface area contributed by atoms with Crippen LogP contribution < -0.4 is 11.1 Å². The van der Waals surface area contributed by atoms with E-state index in [4.69, 9.17) is 10.8 Å². The van der Waals surface area contributed by atoms with Crippen LogP contribution >= 0.6 is 0 Å². The maximum absolute atomic E-state index is 8.28. The molecule has 0 aliphatic heterocycles. The number of aliphatic hydroxyl groups excluding tert-OH is 1. The van der Waals surface area contributed by atoms with E-state index in [0.717, 1.165) is 0 Å². The molecule has 1 aromatic rings. The van der Waals surface area contributed by atoms with Crippen molar-refractivity contribution in [3.05, 3.63) is 29.8 Å². The number of hydrogen-bond donors (Lipinski definition) is 3. The zero-order valence-electron chi connectivity index (χ0n) is 15.2. The second kappa shape index (κ2) is 11.6. The van der Waals surface area contributed by atoms with E-state index in [2.05, 4.69) is 57.3 Å². The van der Waals surface area contributed by atoms with E-state index in [1.165, 1.54) is 11.3 Å². The predicted octanol–water partition coefficient (Wildman–Crippen LogP) is 4.37. The first-order valence-electron chi connectivity index (χ1n) is 7.92. The zero-order valence-corrected chi connectivity index (χ0v) is 15.2. The Bertz CT molecular complexity index is 354. The van der Waals surface area contributed by atoms with Gasteiger partial charge in [0.25, 0.3) is 0 Å². The van der Waals surface area contributed by atoms with Gasteiger partial charge in [0.2, 0.25) is 0 Å². The van der Waals surface area contributed by atoms with Crippen molar-refractivity contribution in [2.45, 2.75) is 72.9 Å².